The molecule has 0 amide bonds. The monoisotopic (exact) mass is 348 g/mol. The maximum absolute atomic E-state index is 12.3. The lowest BCUT2D eigenvalue weighted by atomic mass is 10.2. The van der Waals surface area contributed by atoms with E-state index in [4.69, 9.17) is 0 Å². The highest BCUT2D eigenvalue weighted by atomic mass is 32.2. The summed E-state index contributed by atoms with van der Waals surface area (Å²) in [6.45, 7) is 7.93. The van der Waals surface area contributed by atoms with E-state index in [9.17, 15) is 8.42 Å². The fourth-order valence-corrected chi connectivity index (χ4v) is 3.34. The minimum Gasteiger partial charge on any atom is -0.355 e. The molecule has 6 nitrogen and oxygen atoms in total. The number of hydrogen-bond donors (Lipinski definition) is 1. The number of aryl methyl sites for hydroxylation is 1. The van der Waals surface area contributed by atoms with Crippen molar-refractivity contribution in [2.45, 2.75) is 38.5 Å². The van der Waals surface area contributed by atoms with E-state index in [0.717, 1.165) is 37.3 Å². The molecule has 0 spiro atoms. The number of hydrogen-bond acceptors (Lipinski definition) is 5. The zero-order valence-corrected chi connectivity index (χ0v) is 15.2. The minimum absolute atomic E-state index is 0.206. The van der Waals surface area contributed by atoms with Crippen LogP contribution in [0.3, 0.4) is 0 Å². The Morgan fingerprint density at radius 3 is 2.08 bits per heavy atom. The van der Waals surface area contributed by atoms with E-state index in [1.807, 2.05) is 6.92 Å². The van der Waals surface area contributed by atoms with Gasteiger partial charge in [0.05, 0.1) is 4.90 Å². The zero-order chi connectivity index (χ0) is 17.6. The van der Waals surface area contributed by atoms with E-state index in [0.29, 0.717) is 0 Å². The Labute approximate surface area is 144 Å². The maximum atomic E-state index is 12.3. The Bertz CT molecular complexity index is 737. The van der Waals surface area contributed by atoms with Crippen LogP contribution in [0, 0.1) is 6.92 Å². The number of aromatic nitrogens is 2. The highest BCUT2D eigenvalue weighted by Gasteiger charge is 2.15. The highest BCUT2D eigenvalue weighted by Crippen LogP contribution is 2.17. The van der Waals surface area contributed by atoms with Crippen molar-refractivity contribution in [2.24, 2.45) is 0 Å². The summed E-state index contributed by atoms with van der Waals surface area (Å²) in [6.07, 6.45) is 2.03. The van der Waals surface area contributed by atoms with Crippen LogP contribution in [0.5, 0.6) is 0 Å². The molecule has 1 aromatic heterocycles. The zero-order valence-electron chi connectivity index (χ0n) is 14.4. The molecule has 2 aromatic rings. The van der Waals surface area contributed by atoms with E-state index in [1.54, 1.807) is 36.4 Å². The lowest BCUT2D eigenvalue weighted by Gasteiger charge is -2.21. The Balaban J connectivity index is 2.14. The SMILES string of the molecule is CCCN(CCC)c1ccc(NS(=O)(=O)c2ccc(C)cc2)nn1. The molecule has 0 fully saturated rings. The van der Waals surface area contributed by atoms with E-state index in [1.165, 1.54) is 0 Å². The molecule has 0 unspecified atom stereocenters. The van der Waals surface area contributed by atoms with Crippen molar-refractivity contribution in [2.75, 3.05) is 22.7 Å². The fraction of sp³-hybridized carbons (Fsp3) is 0.412. The molecule has 0 aliphatic carbocycles. The van der Waals surface area contributed by atoms with Crippen LogP contribution < -0.4 is 9.62 Å². The summed E-state index contributed by atoms with van der Waals surface area (Å²) in [6, 6.07) is 10.1. The largest absolute Gasteiger partial charge is 0.355 e. The van der Waals surface area contributed by atoms with Crippen molar-refractivity contribution < 1.29 is 8.42 Å². The first-order chi connectivity index (χ1) is 11.5. The van der Waals surface area contributed by atoms with E-state index in [-0.39, 0.29) is 10.7 Å². The summed E-state index contributed by atoms with van der Waals surface area (Å²) in [4.78, 5) is 2.35. The molecule has 1 aromatic carbocycles. The number of anilines is 2. The summed E-state index contributed by atoms with van der Waals surface area (Å²) in [7, 11) is -3.65. The molecule has 0 atom stereocenters. The van der Waals surface area contributed by atoms with Crippen molar-refractivity contribution >= 4 is 21.7 Å². The first-order valence-electron chi connectivity index (χ1n) is 8.14. The standard InChI is InChI=1S/C17H24N4O2S/c1-4-12-21(13-5-2)17-11-10-16(18-19-17)20-24(22,23)15-8-6-14(3)7-9-15/h6-11H,4-5,12-13H2,1-3H3,(H,18,20). The van der Waals surface area contributed by atoms with Gasteiger partial charge in [-0.25, -0.2) is 8.42 Å². The second-order valence-electron chi connectivity index (χ2n) is 5.68. The molecule has 24 heavy (non-hydrogen) atoms. The predicted octanol–water partition coefficient (Wildman–Crippen LogP) is 3.21. The number of nitrogens with zero attached hydrogens (tertiary/aromatic N) is 3. The van der Waals surface area contributed by atoms with E-state index < -0.39 is 10.0 Å². The maximum Gasteiger partial charge on any atom is 0.263 e. The first kappa shape index (κ1) is 18.2. The van der Waals surface area contributed by atoms with Crippen LogP contribution >= 0.6 is 0 Å². The van der Waals surface area contributed by atoms with Gasteiger partial charge in [0.1, 0.15) is 0 Å². The molecule has 0 radical (unpaired) electrons. The Kier molecular flexibility index (Phi) is 6.14. The normalized spacial score (nSPS) is 11.3. The second kappa shape index (κ2) is 8.10. The average molecular weight is 348 g/mol. The van der Waals surface area contributed by atoms with Crippen LogP contribution in [0.25, 0.3) is 0 Å². The topological polar surface area (TPSA) is 75.2 Å². The van der Waals surface area contributed by atoms with Crippen molar-refractivity contribution in [1.82, 2.24) is 10.2 Å². The molecule has 7 heteroatoms. The van der Waals surface area contributed by atoms with Gasteiger partial charge in [0.15, 0.2) is 11.6 Å². The third-order valence-electron chi connectivity index (χ3n) is 3.53. The van der Waals surface area contributed by atoms with Crippen LogP contribution in [0.1, 0.15) is 32.3 Å². The van der Waals surface area contributed by atoms with Gasteiger partial charge in [-0.15, -0.1) is 10.2 Å². The van der Waals surface area contributed by atoms with Crippen molar-refractivity contribution in [3.63, 3.8) is 0 Å². The molecule has 1 N–H and O–H groups in total. The molecule has 0 aliphatic rings. The van der Waals surface area contributed by atoms with Gasteiger partial charge in [0.25, 0.3) is 10.0 Å². The molecule has 1 heterocycles. The summed E-state index contributed by atoms with van der Waals surface area (Å²) in [5, 5.41) is 8.17. The number of sulfonamides is 1. The third kappa shape index (κ3) is 4.67. The van der Waals surface area contributed by atoms with Gasteiger partial charge in [-0.3, -0.25) is 4.72 Å². The lowest BCUT2D eigenvalue weighted by Crippen LogP contribution is -2.26. The van der Waals surface area contributed by atoms with E-state index >= 15 is 0 Å². The smallest absolute Gasteiger partial charge is 0.263 e. The van der Waals surface area contributed by atoms with Gasteiger partial charge in [-0.05, 0) is 44.0 Å². The van der Waals surface area contributed by atoms with Crippen molar-refractivity contribution in [3.8, 4) is 0 Å². The molecule has 0 saturated carbocycles. The minimum atomic E-state index is -3.65. The van der Waals surface area contributed by atoms with Crippen molar-refractivity contribution in [3.05, 3.63) is 42.0 Å². The number of benzene rings is 1. The second-order valence-corrected chi connectivity index (χ2v) is 7.36. The molecular weight excluding hydrogens is 324 g/mol. The summed E-state index contributed by atoms with van der Waals surface area (Å²) in [5.74, 6) is 0.976. The van der Waals surface area contributed by atoms with Crippen LogP contribution in [0.2, 0.25) is 0 Å². The van der Waals surface area contributed by atoms with E-state index in [2.05, 4.69) is 33.7 Å². The summed E-state index contributed by atoms with van der Waals surface area (Å²) < 4.78 is 27.2. The van der Waals surface area contributed by atoms with Gasteiger partial charge >= 0.3 is 0 Å². The highest BCUT2D eigenvalue weighted by molar-refractivity contribution is 7.92. The van der Waals surface area contributed by atoms with Crippen LogP contribution in [0.15, 0.2) is 41.3 Å². The molecular formula is C17H24N4O2S. The molecule has 2 rings (SSSR count). The van der Waals surface area contributed by atoms with Crippen molar-refractivity contribution in [1.29, 1.82) is 0 Å². The van der Waals surface area contributed by atoms with Gasteiger partial charge in [-0.2, -0.15) is 0 Å². The van der Waals surface area contributed by atoms with Gasteiger partial charge in [-0.1, -0.05) is 31.5 Å². The Hall–Kier alpha value is -2.15. The van der Waals surface area contributed by atoms with Gasteiger partial charge in [0.2, 0.25) is 0 Å². The fourth-order valence-electron chi connectivity index (χ4n) is 2.34. The average Bonchev–Trinajstić information content (AvgIpc) is 2.55. The number of nitrogens with one attached hydrogen (secondary N) is 1. The summed E-state index contributed by atoms with van der Waals surface area (Å²) in [5.41, 5.74) is 1.00. The van der Waals surface area contributed by atoms with Crippen LogP contribution in [-0.2, 0) is 10.0 Å². The Morgan fingerprint density at radius 1 is 0.958 bits per heavy atom. The quantitative estimate of drug-likeness (QED) is 0.793. The molecule has 0 saturated heterocycles. The molecule has 130 valence electrons. The van der Waals surface area contributed by atoms with Gasteiger partial charge < -0.3 is 4.90 Å². The Morgan fingerprint density at radius 2 is 1.58 bits per heavy atom. The number of rotatable bonds is 8. The van der Waals surface area contributed by atoms with Crippen LogP contribution in [-0.4, -0.2) is 31.7 Å². The van der Waals surface area contributed by atoms with Gasteiger partial charge in [0, 0.05) is 13.1 Å². The third-order valence-corrected chi connectivity index (χ3v) is 4.90. The lowest BCUT2D eigenvalue weighted by molar-refractivity contribution is 0.601. The molecule has 0 bridgehead atoms. The predicted molar refractivity (Wildman–Crippen MR) is 96.8 cm³/mol. The summed E-state index contributed by atoms with van der Waals surface area (Å²) >= 11 is 0. The van der Waals surface area contributed by atoms with Crippen LogP contribution in [0.4, 0.5) is 11.6 Å². The molecule has 0 aliphatic heterocycles. The first-order valence-corrected chi connectivity index (χ1v) is 9.62.